The molecule has 0 unspecified atom stereocenters. The van der Waals surface area contributed by atoms with Gasteiger partial charge in [0, 0.05) is 38.0 Å². The number of likely N-dealkylation sites (tertiary alicyclic amines) is 1. The van der Waals surface area contributed by atoms with E-state index in [1.54, 1.807) is 9.58 Å². The van der Waals surface area contributed by atoms with Gasteiger partial charge in [-0.15, -0.1) is 0 Å². The summed E-state index contributed by atoms with van der Waals surface area (Å²) in [6.07, 6.45) is 5.54. The molecule has 2 heterocycles. The summed E-state index contributed by atoms with van der Waals surface area (Å²) < 4.78 is 1.77. The Bertz CT molecular complexity index is 778. The van der Waals surface area contributed by atoms with Crippen molar-refractivity contribution >= 4 is 11.6 Å². The second kappa shape index (κ2) is 6.31. The molecule has 3 rings (SSSR count). The predicted octanol–water partition coefficient (Wildman–Crippen LogP) is 2.05. The van der Waals surface area contributed by atoms with E-state index in [-0.39, 0.29) is 11.5 Å². The molecule has 1 aromatic heterocycles. The van der Waals surface area contributed by atoms with Crippen LogP contribution in [0.2, 0.25) is 0 Å². The molecule has 8 nitrogen and oxygen atoms in total. The Hall–Kier alpha value is -2.90. The van der Waals surface area contributed by atoms with Gasteiger partial charge in [0.15, 0.2) is 5.75 Å². The maximum absolute atomic E-state index is 12.5. The summed E-state index contributed by atoms with van der Waals surface area (Å²) >= 11 is 0. The Kier molecular flexibility index (Phi) is 4.20. The van der Waals surface area contributed by atoms with Crippen molar-refractivity contribution in [2.75, 3.05) is 13.1 Å². The normalized spacial score (nSPS) is 15.5. The average molecular weight is 330 g/mol. The second-order valence-electron chi connectivity index (χ2n) is 5.97. The summed E-state index contributed by atoms with van der Waals surface area (Å²) in [5, 5.41) is 24.6. The van der Waals surface area contributed by atoms with E-state index in [1.807, 2.05) is 19.4 Å². The number of aryl methyl sites for hydroxylation is 1. The minimum Gasteiger partial charge on any atom is -0.502 e. The number of phenolic OH excluding ortho intramolecular Hbond substituents is 1. The molecule has 1 aliphatic rings. The van der Waals surface area contributed by atoms with Crippen LogP contribution in [0.4, 0.5) is 5.69 Å². The van der Waals surface area contributed by atoms with Gasteiger partial charge in [0.05, 0.1) is 11.1 Å². The first-order valence-electron chi connectivity index (χ1n) is 7.71. The van der Waals surface area contributed by atoms with Gasteiger partial charge in [0.25, 0.3) is 5.91 Å². The van der Waals surface area contributed by atoms with Crippen LogP contribution in [0.5, 0.6) is 5.75 Å². The van der Waals surface area contributed by atoms with Gasteiger partial charge in [-0.2, -0.15) is 5.10 Å². The smallest absolute Gasteiger partial charge is 0.310 e. The minimum atomic E-state index is -0.678. The lowest BCUT2D eigenvalue weighted by atomic mass is 9.91. The van der Waals surface area contributed by atoms with Crippen molar-refractivity contribution in [2.24, 2.45) is 7.05 Å². The molecule has 1 amide bonds. The molecule has 0 radical (unpaired) electrons. The number of carbonyl (C=O) groups excluding carboxylic acids is 1. The highest BCUT2D eigenvalue weighted by Crippen LogP contribution is 2.30. The third-order valence-corrected chi connectivity index (χ3v) is 4.40. The molecule has 8 heteroatoms. The molecule has 0 atom stereocenters. The van der Waals surface area contributed by atoms with Crippen molar-refractivity contribution < 1.29 is 14.8 Å². The van der Waals surface area contributed by atoms with Crippen LogP contribution in [-0.2, 0) is 7.05 Å². The van der Waals surface area contributed by atoms with Gasteiger partial charge in [0.2, 0.25) is 0 Å². The topological polar surface area (TPSA) is 102 Å². The number of carbonyl (C=O) groups is 1. The molecule has 126 valence electrons. The number of nitrogens with zero attached hydrogens (tertiary/aromatic N) is 4. The van der Waals surface area contributed by atoms with E-state index in [1.165, 1.54) is 11.6 Å². The number of piperidine rings is 1. The number of aromatic nitrogens is 2. The highest BCUT2D eigenvalue weighted by Gasteiger charge is 2.26. The minimum absolute atomic E-state index is 0.218. The molecule has 1 saturated heterocycles. The van der Waals surface area contributed by atoms with E-state index in [0.29, 0.717) is 19.0 Å². The molecule has 0 bridgehead atoms. The summed E-state index contributed by atoms with van der Waals surface area (Å²) in [4.78, 5) is 24.3. The molecule has 1 N–H and O–H groups in total. The summed E-state index contributed by atoms with van der Waals surface area (Å²) in [7, 11) is 1.88. The Labute approximate surface area is 138 Å². The highest BCUT2D eigenvalue weighted by atomic mass is 16.6. The van der Waals surface area contributed by atoms with Crippen molar-refractivity contribution in [1.82, 2.24) is 14.7 Å². The van der Waals surface area contributed by atoms with Crippen LogP contribution >= 0.6 is 0 Å². The van der Waals surface area contributed by atoms with Crippen LogP contribution < -0.4 is 0 Å². The number of hydrogen-bond acceptors (Lipinski definition) is 5. The lowest BCUT2D eigenvalue weighted by Gasteiger charge is -2.31. The number of benzene rings is 1. The maximum Gasteiger partial charge on any atom is 0.310 e. The van der Waals surface area contributed by atoms with Gasteiger partial charge < -0.3 is 10.0 Å². The molecule has 0 spiro atoms. The Morgan fingerprint density at radius 1 is 1.38 bits per heavy atom. The van der Waals surface area contributed by atoms with Gasteiger partial charge in [0.1, 0.15) is 0 Å². The first-order valence-corrected chi connectivity index (χ1v) is 7.71. The summed E-state index contributed by atoms with van der Waals surface area (Å²) in [6.45, 7) is 1.21. The first kappa shape index (κ1) is 16.0. The number of amides is 1. The Balaban J connectivity index is 1.67. The summed E-state index contributed by atoms with van der Waals surface area (Å²) in [6, 6.07) is 3.70. The number of hydrogen-bond donors (Lipinski definition) is 1. The number of phenols is 1. The fourth-order valence-corrected chi connectivity index (χ4v) is 3.06. The van der Waals surface area contributed by atoms with Crippen molar-refractivity contribution in [1.29, 1.82) is 0 Å². The zero-order chi connectivity index (χ0) is 17.3. The van der Waals surface area contributed by atoms with Gasteiger partial charge in [-0.1, -0.05) is 0 Å². The molecule has 1 aromatic carbocycles. The van der Waals surface area contributed by atoms with E-state index in [0.717, 1.165) is 25.0 Å². The fourth-order valence-electron chi connectivity index (χ4n) is 3.06. The SMILES string of the molecule is Cn1cc(C2CCN(C(=O)c3ccc([N+](=O)[O-])c(O)c3)CC2)cn1. The molecule has 0 saturated carbocycles. The van der Waals surface area contributed by atoms with Crippen LogP contribution in [0.1, 0.15) is 34.7 Å². The number of nitro benzene ring substituents is 1. The van der Waals surface area contributed by atoms with E-state index in [4.69, 9.17) is 0 Å². The molecule has 24 heavy (non-hydrogen) atoms. The maximum atomic E-state index is 12.5. The van der Waals surface area contributed by atoms with Crippen LogP contribution in [0.15, 0.2) is 30.6 Å². The van der Waals surface area contributed by atoms with Gasteiger partial charge in [-0.25, -0.2) is 0 Å². The summed E-state index contributed by atoms with van der Waals surface area (Å²) in [5.74, 6) is -0.325. The largest absolute Gasteiger partial charge is 0.502 e. The van der Waals surface area contributed by atoms with Crippen LogP contribution in [0.3, 0.4) is 0 Å². The van der Waals surface area contributed by atoms with Gasteiger partial charge >= 0.3 is 5.69 Å². The lowest BCUT2D eigenvalue weighted by molar-refractivity contribution is -0.385. The second-order valence-corrected chi connectivity index (χ2v) is 5.97. The van der Waals surface area contributed by atoms with Gasteiger partial charge in [-0.3, -0.25) is 19.6 Å². The summed E-state index contributed by atoms with van der Waals surface area (Å²) in [5.41, 5.74) is 1.04. The third-order valence-electron chi connectivity index (χ3n) is 4.40. The average Bonchev–Trinajstić information content (AvgIpc) is 3.00. The molecule has 0 aliphatic carbocycles. The zero-order valence-corrected chi connectivity index (χ0v) is 13.3. The van der Waals surface area contributed by atoms with Crippen molar-refractivity contribution in [3.63, 3.8) is 0 Å². The van der Waals surface area contributed by atoms with Gasteiger partial charge in [-0.05, 0) is 36.5 Å². The number of rotatable bonds is 3. The van der Waals surface area contributed by atoms with Crippen LogP contribution in [0, 0.1) is 10.1 Å². The monoisotopic (exact) mass is 330 g/mol. The van der Waals surface area contributed by atoms with Crippen LogP contribution in [0.25, 0.3) is 0 Å². The molecule has 1 fully saturated rings. The number of aromatic hydroxyl groups is 1. The van der Waals surface area contributed by atoms with E-state index in [9.17, 15) is 20.0 Å². The predicted molar refractivity (Wildman–Crippen MR) is 85.8 cm³/mol. The highest BCUT2D eigenvalue weighted by molar-refractivity contribution is 5.95. The Morgan fingerprint density at radius 3 is 2.62 bits per heavy atom. The van der Waals surface area contributed by atoms with E-state index < -0.39 is 16.4 Å². The lowest BCUT2D eigenvalue weighted by Crippen LogP contribution is -2.37. The first-order chi connectivity index (χ1) is 11.5. The quantitative estimate of drug-likeness (QED) is 0.685. The zero-order valence-electron chi connectivity index (χ0n) is 13.3. The third kappa shape index (κ3) is 3.08. The molecule has 1 aliphatic heterocycles. The van der Waals surface area contributed by atoms with Crippen molar-refractivity contribution in [3.8, 4) is 5.75 Å². The van der Waals surface area contributed by atoms with Crippen molar-refractivity contribution in [3.05, 3.63) is 51.8 Å². The standard InChI is InChI=1S/C16H18N4O4/c1-18-10-13(9-17-18)11-4-6-19(7-5-11)16(22)12-2-3-14(20(23)24)15(21)8-12/h2-3,8-11,21H,4-7H2,1H3. The molecule has 2 aromatic rings. The molecular weight excluding hydrogens is 312 g/mol. The van der Waals surface area contributed by atoms with E-state index in [2.05, 4.69) is 5.10 Å². The Morgan fingerprint density at radius 2 is 2.08 bits per heavy atom. The number of nitro groups is 1. The van der Waals surface area contributed by atoms with E-state index >= 15 is 0 Å². The van der Waals surface area contributed by atoms with Crippen molar-refractivity contribution in [2.45, 2.75) is 18.8 Å². The fraction of sp³-hybridized carbons (Fsp3) is 0.375. The molecular formula is C16H18N4O4. The van der Waals surface area contributed by atoms with Crippen LogP contribution in [-0.4, -0.2) is 43.7 Å².